The summed E-state index contributed by atoms with van der Waals surface area (Å²) in [6, 6.07) is 5.35. The molecule has 0 radical (unpaired) electrons. The SMILES string of the molecule is CN[C@H](Cc1ccccc1)C(=O)N[C@@H](CCCCN)C(=O)N[C@@H](CCCN=C(N)N)C(=O)NCC(=O)N[C@H](C=O)CC(=O)O. The van der Waals surface area contributed by atoms with Gasteiger partial charge in [-0.25, -0.2) is 0 Å². The predicted molar refractivity (Wildman–Crippen MR) is 163 cm³/mol. The van der Waals surface area contributed by atoms with Crippen LogP contribution in [0.5, 0.6) is 0 Å². The number of aliphatic imine (C=N–C) groups is 1. The van der Waals surface area contributed by atoms with Gasteiger partial charge in [0.05, 0.1) is 25.0 Å². The van der Waals surface area contributed by atoms with Gasteiger partial charge in [0.2, 0.25) is 23.6 Å². The molecule has 4 amide bonds. The molecular formula is C28H45N9O7. The van der Waals surface area contributed by atoms with Crippen LogP contribution < -0.4 is 43.8 Å². The lowest BCUT2D eigenvalue weighted by Gasteiger charge is -2.25. The summed E-state index contributed by atoms with van der Waals surface area (Å²) in [5, 5.41) is 21.8. The van der Waals surface area contributed by atoms with Gasteiger partial charge >= 0.3 is 5.97 Å². The van der Waals surface area contributed by atoms with Crippen LogP contribution in [0.3, 0.4) is 0 Å². The lowest BCUT2D eigenvalue weighted by molar-refractivity contribution is -0.139. The molecule has 0 fully saturated rings. The molecule has 16 nitrogen and oxygen atoms in total. The highest BCUT2D eigenvalue weighted by Crippen LogP contribution is 2.07. The van der Waals surface area contributed by atoms with E-state index in [1.165, 1.54) is 0 Å². The number of nitrogens with one attached hydrogen (secondary N) is 5. The highest BCUT2D eigenvalue weighted by molar-refractivity contribution is 5.94. The Labute approximate surface area is 256 Å². The number of carbonyl (C=O) groups is 6. The molecule has 1 aromatic rings. The van der Waals surface area contributed by atoms with E-state index < -0.39 is 66.7 Å². The Morgan fingerprint density at radius 3 is 2.07 bits per heavy atom. The first-order chi connectivity index (χ1) is 21.0. The van der Waals surface area contributed by atoms with Crippen molar-refractivity contribution < 1.29 is 33.9 Å². The second-order valence-corrected chi connectivity index (χ2v) is 10.0. The number of benzene rings is 1. The van der Waals surface area contributed by atoms with E-state index in [4.69, 9.17) is 22.3 Å². The lowest BCUT2D eigenvalue weighted by atomic mass is 10.0. The summed E-state index contributed by atoms with van der Waals surface area (Å²) >= 11 is 0. The minimum atomic E-state index is -1.29. The van der Waals surface area contributed by atoms with Crippen LogP contribution in [0.25, 0.3) is 0 Å². The first-order valence-corrected chi connectivity index (χ1v) is 14.3. The van der Waals surface area contributed by atoms with Crippen LogP contribution in [0.1, 0.15) is 44.1 Å². The number of rotatable bonds is 22. The van der Waals surface area contributed by atoms with Gasteiger partial charge < -0.3 is 53.7 Å². The van der Waals surface area contributed by atoms with Crippen LogP contribution in [0.2, 0.25) is 0 Å². The Morgan fingerprint density at radius 1 is 0.886 bits per heavy atom. The van der Waals surface area contributed by atoms with Gasteiger partial charge in [-0.05, 0) is 57.7 Å². The normalized spacial score (nSPS) is 13.3. The quantitative estimate of drug-likeness (QED) is 0.0277. The number of aldehydes is 1. The van der Waals surface area contributed by atoms with E-state index >= 15 is 0 Å². The Hall–Kier alpha value is -4.57. The molecule has 1 rings (SSSR count). The summed E-state index contributed by atoms with van der Waals surface area (Å²) in [5.74, 6) is -3.96. The van der Waals surface area contributed by atoms with Gasteiger partial charge in [-0.2, -0.15) is 0 Å². The Morgan fingerprint density at radius 2 is 1.50 bits per heavy atom. The van der Waals surface area contributed by atoms with Crippen LogP contribution in [-0.2, 0) is 35.2 Å². The topological polar surface area (TPSA) is 273 Å². The summed E-state index contributed by atoms with van der Waals surface area (Å²) < 4.78 is 0. The third kappa shape index (κ3) is 15.6. The summed E-state index contributed by atoms with van der Waals surface area (Å²) in [6.07, 6.45) is 1.82. The number of hydrogen-bond acceptors (Lipinski definition) is 9. The number of nitrogens with two attached hydrogens (primary N) is 3. The van der Waals surface area contributed by atoms with Gasteiger partial charge in [-0.3, -0.25) is 29.0 Å². The van der Waals surface area contributed by atoms with Crippen molar-refractivity contribution in [3.8, 4) is 0 Å². The molecule has 0 spiro atoms. The van der Waals surface area contributed by atoms with E-state index in [-0.39, 0.29) is 38.1 Å². The number of likely N-dealkylation sites (N-methyl/N-ethyl adjacent to an activating group) is 1. The minimum Gasteiger partial charge on any atom is -0.481 e. The largest absolute Gasteiger partial charge is 0.481 e. The second kappa shape index (κ2) is 21.2. The fraction of sp³-hybridized carbons (Fsp3) is 0.536. The van der Waals surface area contributed by atoms with E-state index in [1.54, 1.807) is 7.05 Å². The average Bonchev–Trinajstić information content (AvgIpc) is 2.99. The van der Waals surface area contributed by atoms with Gasteiger partial charge in [0, 0.05) is 6.54 Å². The van der Waals surface area contributed by atoms with Crippen LogP contribution in [0, 0.1) is 0 Å². The summed E-state index contributed by atoms with van der Waals surface area (Å²) in [6.45, 7) is -0.0213. The van der Waals surface area contributed by atoms with Crippen molar-refractivity contribution >= 4 is 41.8 Å². The number of nitrogens with zero attached hydrogens (tertiary/aromatic N) is 1. The highest BCUT2D eigenvalue weighted by Gasteiger charge is 2.29. The molecule has 244 valence electrons. The van der Waals surface area contributed by atoms with Crippen molar-refractivity contribution in [1.29, 1.82) is 0 Å². The zero-order valence-electron chi connectivity index (χ0n) is 24.9. The molecule has 0 aliphatic carbocycles. The Bertz CT molecular complexity index is 1110. The molecular weight excluding hydrogens is 574 g/mol. The molecule has 4 atom stereocenters. The number of carbonyl (C=O) groups excluding carboxylic acids is 5. The van der Waals surface area contributed by atoms with Crippen molar-refractivity contribution in [3.63, 3.8) is 0 Å². The van der Waals surface area contributed by atoms with E-state index in [1.807, 2.05) is 30.3 Å². The zero-order valence-corrected chi connectivity index (χ0v) is 24.9. The van der Waals surface area contributed by atoms with Crippen LogP contribution in [-0.4, -0.2) is 97.8 Å². The number of carboxylic acids is 1. The maximum atomic E-state index is 13.4. The van der Waals surface area contributed by atoms with Crippen LogP contribution in [0.15, 0.2) is 35.3 Å². The number of unbranched alkanes of at least 4 members (excludes halogenated alkanes) is 1. The van der Waals surface area contributed by atoms with Gasteiger partial charge in [0.25, 0.3) is 0 Å². The van der Waals surface area contributed by atoms with Gasteiger partial charge in [-0.15, -0.1) is 0 Å². The molecule has 0 aromatic heterocycles. The van der Waals surface area contributed by atoms with Crippen LogP contribution in [0.4, 0.5) is 0 Å². The third-order valence-corrected chi connectivity index (χ3v) is 6.43. The average molecular weight is 620 g/mol. The maximum Gasteiger partial charge on any atom is 0.305 e. The highest BCUT2D eigenvalue weighted by atomic mass is 16.4. The molecule has 1 aromatic carbocycles. The maximum absolute atomic E-state index is 13.4. The van der Waals surface area contributed by atoms with Gasteiger partial charge in [0.15, 0.2) is 5.96 Å². The van der Waals surface area contributed by atoms with Crippen molar-refractivity contribution in [1.82, 2.24) is 26.6 Å². The third-order valence-electron chi connectivity index (χ3n) is 6.43. The lowest BCUT2D eigenvalue weighted by Crippen LogP contribution is -2.56. The van der Waals surface area contributed by atoms with Crippen molar-refractivity contribution in [2.75, 3.05) is 26.7 Å². The zero-order chi connectivity index (χ0) is 32.9. The predicted octanol–water partition coefficient (Wildman–Crippen LogP) is -2.76. The van der Waals surface area contributed by atoms with Gasteiger partial charge in [-0.1, -0.05) is 30.3 Å². The first kappa shape index (κ1) is 37.5. The monoisotopic (exact) mass is 619 g/mol. The van der Waals surface area contributed by atoms with Crippen molar-refractivity contribution in [2.45, 2.75) is 69.1 Å². The summed E-state index contributed by atoms with van der Waals surface area (Å²) in [5.41, 5.74) is 17.3. The van der Waals surface area contributed by atoms with Crippen molar-refractivity contribution in [2.24, 2.45) is 22.2 Å². The smallest absolute Gasteiger partial charge is 0.305 e. The summed E-state index contributed by atoms with van der Waals surface area (Å²) in [7, 11) is 1.64. The fourth-order valence-corrected chi connectivity index (χ4v) is 4.12. The number of guanidine groups is 1. The molecule has 0 unspecified atom stereocenters. The second-order valence-electron chi connectivity index (χ2n) is 10.0. The molecule has 0 aliphatic rings. The molecule has 16 heteroatoms. The molecule has 0 heterocycles. The molecule has 44 heavy (non-hydrogen) atoms. The van der Waals surface area contributed by atoms with E-state index in [2.05, 4.69) is 31.6 Å². The number of aliphatic carboxylic acids is 1. The molecule has 0 bridgehead atoms. The number of carboxylic acid groups (broad SMARTS) is 1. The Balaban J connectivity index is 3.00. The van der Waals surface area contributed by atoms with E-state index in [0.717, 1.165) is 5.56 Å². The Kier molecular flexibility index (Phi) is 18.0. The number of amides is 4. The van der Waals surface area contributed by atoms with Crippen molar-refractivity contribution in [3.05, 3.63) is 35.9 Å². The fourth-order valence-electron chi connectivity index (χ4n) is 4.12. The number of hydrogen-bond donors (Lipinski definition) is 9. The molecule has 0 saturated heterocycles. The van der Waals surface area contributed by atoms with E-state index in [9.17, 15) is 28.8 Å². The van der Waals surface area contributed by atoms with Gasteiger partial charge in [0.1, 0.15) is 18.4 Å². The van der Waals surface area contributed by atoms with Crippen LogP contribution >= 0.6 is 0 Å². The molecule has 0 saturated carbocycles. The standard InChI is InChI=1S/C28H45N9O7/c1-32-22(14-18-8-3-2-4-9-18)27(44)37-21(10-5-6-12-29)26(43)36-20(11-7-13-33-28(30)31)25(42)34-16-23(39)35-19(17-38)15-24(40)41/h2-4,8-9,17,19-22,32H,5-7,10-16,29H2,1H3,(H,34,42)(H,35,39)(H,36,43)(H,37,44)(H,40,41)(H4,30,31,33)/t19-,20-,21-,22+/m0/s1. The first-order valence-electron chi connectivity index (χ1n) is 14.3. The van der Waals surface area contributed by atoms with E-state index in [0.29, 0.717) is 25.8 Å². The minimum absolute atomic E-state index is 0.0859. The molecule has 12 N–H and O–H groups in total. The molecule has 0 aliphatic heterocycles. The summed E-state index contributed by atoms with van der Waals surface area (Å²) in [4.78, 5) is 77.6.